The number of nitrogens with two attached hydrogens (primary N) is 2. The monoisotopic (exact) mass is 1030 g/mol. The van der Waals surface area contributed by atoms with Crippen LogP contribution in [-0.4, -0.2) is 131 Å². The molecular weight excluding hydrogens is 961 g/mol. The topological polar surface area (TPSA) is 372 Å². The first-order valence-electron chi connectivity index (χ1n) is 23.9. The van der Waals surface area contributed by atoms with Crippen LogP contribution in [0.4, 0.5) is 0 Å². The van der Waals surface area contributed by atoms with Gasteiger partial charge in [0.05, 0.1) is 29.7 Å². The fraction of sp³-hybridized carbons (Fsp3) is 0.451. The molecule has 7 amide bonds. The van der Waals surface area contributed by atoms with Gasteiger partial charge in [0, 0.05) is 32.4 Å². The van der Waals surface area contributed by atoms with E-state index in [9.17, 15) is 58.5 Å². The number of amides is 7. The summed E-state index contributed by atoms with van der Waals surface area (Å²) >= 11 is 0. The van der Waals surface area contributed by atoms with Gasteiger partial charge in [0.15, 0.2) is 5.96 Å². The maximum Gasteiger partial charge on any atom is 0.327 e. The number of aliphatic carboxylic acids is 2. The molecule has 23 heteroatoms. The van der Waals surface area contributed by atoms with Crippen molar-refractivity contribution in [2.24, 2.45) is 34.2 Å². The summed E-state index contributed by atoms with van der Waals surface area (Å²) in [6.07, 6.45) is 4.13. The lowest BCUT2D eigenvalue weighted by atomic mass is 9.94. The van der Waals surface area contributed by atoms with E-state index in [0.29, 0.717) is 17.6 Å². The number of carboxylic acid groups (broad SMARTS) is 2. The molecule has 1 saturated heterocycles. The maximum atomic E-state index is 14.6. The summed E-state index contributed by atoms with van der Waals surface area (Å²) < 4.78 is 5.82. The fourth-order valence-electron chi connectivity index (χ4n) is 7.66. The molecule has 1 aliphatic rings. The second kappa shape index (κ2) is 29.4. The van der Waals surface area contributed by atoms with Gasteiger partial charge in [-0.25, -0.2) is 9.59 Å². The molecule has 14 N–H and O–H groups in total. The minimum Gasteiger partial charge on any atom is -0.508 e. The van der Waals surface area contributed by atoms with E-state index >= 15 is 0 Å². The van der Waals surface area contributed by atoms with Crippen LogP contribution in [0, 0.1) is 17.8 Å². The summed E-state index contributed by atoms with van der Waals surface area (Å²) in [6.45, 7) is 11.1. The van der Waals surface area contributed by atoms with Crippen molar-refractivity contribution in [2.45, 2.75) is 115 Å². The molecule has 0 aromatic heterocycles. The molecule has 3 rings (SSSR count). The number of ether oxygens (including phenoxy) is 1. The molecule has 1 fully saturated rings. The summed E-state index contributed by atoms with van der Waals surface area (Å²) in [4.78, 5) is 125. The third-order valence-electron chi connectivity index (χ3n) is 12.2. The number of hydrogen-bond acceptors (Lipinski definition) is 12. The van der Waals surface area contributed by atoms with E-state index in [4.69, 9.17) is 16.2 Å². The number of hydrogen-bond donors (Lipinski definition) is 12. The van der Waals surface area contributed by atoms with Gasteiger partial charge in [-0.3, -0.25) is 38.6 Å². The molecule has 0 unspecified atom stereocenters. The lowest BCUT2D eigenvalue weighted by Gasteiger charge is -2.28. The number of rotatable bonds is 15. The van der Waals surface area contributed by atoms with Crippen molar-refractivity contribution in [3.8, 4) is 5.75 Å². The Hall–Kier alpha value is -8.08. The van der Waals surface area contributed by atoms with E-state index in [2.05, 4.69) is 48.8 Å². The second-order valence-corrected chi connectivity index (χ2v) is 18.1. The molecule has 0 saturated carbocycles. The predicted octanol–water partition coefficient (Wildman–Crippen LogP) is 0.178. The van der Waals surface area contributed by atoms with Crippen LogP contribution < -0.4 is 48.7 Å². The third-order valence-corrected chi connectivity index (χ3v) is 12.2. The van der Waals surface area contributed by atoms with E-state index < -0.39 is 120 Å². The molecule has 0 radical (unpaired) electrons. The quantitative estimate of drug-likeness (QED) is 0.0372. The molecule has 2 aromatic rings. The first kappa shape index (κ1) is 60.2. The van der Waals surface area contributed by atoms with Crippen LogP contribution in [0.2, 0.25) is 0 Å². The number of benzene rings is 2. The molecule has 0 spiro atoms. The molecule has 2 aromatic carbocycles. The van der Waals surface area contributed by atoms with E-state index in [1.165, 1.54) is 51.1 Å². The maximum absolute atomic E-state index is 14.6. The second-order valence-electron chi connectivity index (χ2n) is 18.1. The number of phenols is 1. The highest BCUT2D eigenvalue weighted by Gasteiger charge is 2.37. The predicted molar refractivity (Wildman–Crippen MR) is 272 cm³/mol. The summed E-state index contributed by atoms with van der Waals surface area (Å²) in [5, 5.41) is 47.6. The molecule has 10 atom stereocenters. The summed E-state index contributed by atoms with van der Waals surface area (Å²) in [6, 6.07) is 6.18. The number of aliphatic imine (C=N–C) groups is 1. The number of allylic oxidation sites excluding steroid dienone is 2. The van der Waals surface area contributed by atoms with Gasteiger partial charge in [0.2, 0.25) is 35.4 Å². The minimum atomic E-state index is -1.96. The first-order chi connectivity index (χ1) is 34.9. The Morgan fingerprint density at radius 1 is 0.797 bits per heavy atom. The summed E-state index contributed by atoms with van der Waals surface area (Å²) in [5.41, 5.74) is 12.5. The van der Waals surface area contributed by atoms with Crippen LogP contribution in [0.5, 0.6) is 5.75 Å². The number of phenolic OH excluding ortho intramolecular Hbond substituents is 1. The number of carboxylic acids is 2. The molecule has 402 valence electrons. The van der Waals surface area contributed by atoms with E-state index in [-0.39, 0.29) is 49.5 Å². The largest absolute Gasteiger partial charge is 0.508 e. The Morgan fingerprint density at radius 3 is 2.03 bits per heavy atom. The summed E-state index contributed by atoms with van der Waals surface area (Å²) in [5.74, 6) is -13.2. The standard InChI is InChI=1S/C51H70N10O13/c1-27(24-28(2)40(74-7)26-33-12-9-8-10-13-33)15-20-36-29(3)43(64)59-38(49(70)71)21-22-41(63)55-31(5)45(66)56-32(6)46(67)58-37(14-11-23-54-51(52)53)47(68)61-42(50(72)73)30(4)44(65)60-39(48(69)57-36)25-34-16-18-35(62)19-17-34/h8-10,12-13,15-20,24,28-30,32,36-40,42,62H,5,11,14,21-23,25-26H2,1-4,6-7H3,(H,55,63)(H,56,66)(H,57,69)(H,58,67)(H,59,64)(H,60,65)(H,61,68)(H,70,71)(H,72,73)(H4,52,53,54)/b20-15+,27-24+/t28-,29-,30-,32+,36-,37-,38+,39-,40-,42+/m0/s1. The van der Waals surface area contributed by atoms with Gasteiger partial charge in [0.25, 0.3) is 5.91 Å². The van der Waals surface area contributed by atoms with Crippen molar-refractivity contribution in [1.29, 1.82) is 0 Å². The van der Waals surface area contributed by atoms with Crippen molar-refractivity contribution in [2.75, 3.05) is 13.7 Å². The van der Waals surface area contributed by atoms with Crippen LogP contribution in [0.3, 0.4) is 0 Å². The first-order valence-corrected chi connectivity index (χ1v) is 23.9. The van der Waals surface area contributed by atoms with Gasteiger partial charge in [0.1, 0.15) is 36.0 Å². The molecule has 23 nitrogen and oxygen atoms in total. The highest BCUT2D eigenvalue weighted by molar-refractivity contribution is 6.00. The van der Waals surface area contributed by atoms with Crippen LogP contribution in [0.1, 0.15) is 71.4 Å². The normalized spacial score (nSPS) is 24.5. The molecular formula is C51H70N10O13. The number of carbonyl (C=O) groups is 9. The Balaban J connectivity index is 2.14. The van der Waals surface area contributed by atoms with Gasteiger partial charge < -0.3 is 68.7 Å². The highest BCUT2D eigenvalue weighted by Crippen LogP contribution is 2.19. The van der Waals surface area contributed by atoms with Crippen LogP contribution in [0.15, 0.2) is 95.7 Å². The van der Waals surface area contributed by atoms with E-state index in [1.54, 1.807) is 20.1 Å². The number of aromatic hydroxyl groups is 1. The molecule has 74 heavy (non-hydrogen) atoms. The van der Waals surface area contributed by atoms with Crippen molar-refractivity contribution in [3.63, 3.8) is 0 Å². The van der Waals surface area contributed by atoms with Gasteiger partial charge in [-0.2, -0.15) is 0 Å². The van der Waals surface area contributed by atoms with Gasteiger partial charge in [-0.15, -0.1) is 0 Å². The van der Waals surface area contributed by atoms with E-state index in [1.807, 2.05) is 43.3 Å². The average molecular weight is 1030 g/mol. The number of nitrogens with zero attached hydrogens (tertiary/aromatic N) is 1. The zero-order valence-corrected chi connectivity index (χ0v) is 42.4. The van der Waals surface area contributed by atoms with Crippen molar-refractivity contribution >= 4 is 59.2 Å². The van der Waals surface area contributed by atoms with Crippen LogP contribution in [-0.2, 0) is 60.7 Å². The third kappa shape index (κ3) is 19.8. The highest BCUT2D eigenvalue weighted by atomic mass is 16.5. The Morgan fingerprint density at radius 2 is 1.42 bits per heavy atom. The van der Waals surface area contributed by atoms with Gasteiger partial charge >= 0.3 is 11.9 Å². The molecule has 1 aliphatic heterocycles. The van der Waals surface area contributed by atoms with Gasteiger partial charge in [-0.1, -0.05) is 93.6 Å². The van der Waals surface area contributed by atoms with Gasteiger partial charge in [-0.05, 0) is 62.8 Å². The lowest BCUT2D eigenvalue weighted by molar-refractivity contribution is -0.146. The number of nitrogens with one attached hydrogen (secondary N) is 7. The van der Waals surface area contributed by atoms with Crippen LogP contribution >= 0.6 is 0 Å². The summed E-state index contributed by atoms with van der Waals surface area (Å²) in [7, 11) is 1.60. The smallest absolute Gasteiger partial charge is 0.327 e. The van der Waals surface area contributed by atoms with Crippen LogP contribution in [0.25, 0.3) is 0 Å². The number of methoxy groups -OCH3 is 1. The number of carbonyl (C=O) groups excluding carboxylic acids is 7. The van der Waals surface area contributed by atoms with Crippen molar-refractivity contribution in [3.05, 3.63) is 102 Å². The number of guanidine groups is 1. The zero-order chi connectivity index (χ0) is 55.2. The SMILES string of the molecule is C=C1NC(=O)CC[C@H](C(=O)O)NC(=O)[C@@H](C)[C@H](/C=C/C(C)=C/[C@H](C)[C@H](Cc2ccccc2)OC)NC(=O)[C@H](Cc2ccc(O)cc2)NC(=O)[C@@H](C)[C@H](C(=O)O)NC(=O)[C@H](CCCN=C(N)N)NC(=O)[C@@H](C)NC1=O. The minimum absolute atomic E-state index is 0.00812. The Bertz CT molecular complexity index is 2420. The Labute approximate surface area is 429 Å². The molecule has 0 bridgehead atoms. The van der Waals surface area contributed by atoms with Crippen molar-refractivity contribution < 1.29 is 63.2 Å². The fourth-order valence-corrected chi connectivity index (χ4v) is 7.66. The van der Waals surface area contributed by atoms with Crippen molar-refractivity contribution in [1.82, 2.24) is 37.2 Å². The van der Waals surface area contributed by atoms with E-state index in [0.717, 1.165) is 5.56 Å². The Kier molecular flexibility index (Phi) is 24.0. The zero-order valence-electron chi connectivity index (χ0n) is 42.4. The lowest BCUT2D eigenvalue weighted by Crippen LogP contribution is -2.59. The average Bonchev–Trinajstić information content (AvgIpc) is 3.35. The molecule has 0 aliphatic carbocycles. The molecule has 1 heterocycles.